The molecule has 4 aromatic rings. The van der Waals surface area contributed by atoms with Gasteiger partial charge in [0.05, 0.1) is 16.3 Å². The number of H-pyrrole nitrogens is 1. The van der Waals surface area contributed by atoms with Crippen molar-refractivity contribution < 1.29 is 4.92 Å². The van der Waals surface area contributed by atoms with Crippen LogP contribution < -0.4 is 5.56 Å². The second kappa shape index (κ2) is 6.88. The Morgan fingerprint density at radius 2 is 1.75 bits per heavy atom. The lowest BCUT2D eigenvalue weighted by molar-refractivity contribution is -0.384. The highest BCUT2D eigenvalue weighted by atomic mass is 16.6. The zero-order valence-electron chi connectivity index (χ0n) is 14.7. The van der Waals surface area contributed by atoms with Crippen LogP contribution in [0, 0.1) is 17.0 Å². The van der Waals surface area contributed by atoms with Crippen LogP contribution in [-0.2, 0) is 0 Å². The summed E-state index contributed by atoms with van der Waals surface area (Å²) in [6, 6.07) is 15.2. The largest absolute Gasteiger partial charge is 0.294 e. The molecule has 0 saturated carbocycles. The molecule has 0 aliphatic carbocycles. The van der Waals surface area contributed by atoms with Crippen LogP contribution in [0.4, 0.5) is 17.1 Å². The smallest absolute Gasteiger partial charge is 0.265 e. The summed E-state index contributed by atoms with van der Waals surface area (Å²) in [6.45, 7) is 2.00. The van der Waals surface area contributed by atoms with Gasteiger partial charge in [0.2, 0.25) is 0 Å². The fourth-order valence-electron chi connectivity index (χ4n) is 2.75. The first-order valence-electron chi connectivity index (χ1n) is 8.36. The summed E-state index contributed by atoms with van der Waals surface area (Å²) < 4.78 is 1.57. The number of nitrogens with one attached hydrogen (secondary N) is 1. The highest BCUT2D eigenvalue weighted by Crippen LogP contribution is 2.25. The molecule has 0 spiro atoms. The van der Waals surface area contributed by atoms with Gasteiger partial charge in [-0.25, -0.2) is 9.50 Å². The van der Waals surface area contributed by atoms with E-state index in [1.165, 1.54) is 24.3 Å². The number of aryl methyl sites for hydroxylation is 1. The van der Waals surface area contributed by atoms with Crippen LogP contribution >= 0.6 is 0 Å². The van der Waals surface area contributed by atoms with Gasteiger partial charge >= 0.3 is 0 Å². The molecule has 0 unspecified atom stereocenters. The van der Waals surface area contributed by atoms with Crippen LogP contribution in [0.5, 0.6) is 0 Å². The number of nitro benzene ring substituents is 1. The molecule has 9 heteroatoms. The topological polar surface area (TPSA) is 118 Å². The highest BCUT2D eigenvalue weighted by molar-refractivity contribution is 5.69. The Morgan fingerprint density at radius 1 is 1.04 bits per heavy atom. The van der Waals surface area contributed by atoms with E-state index in [2.05, 4.69) is 20.3 Å². The van der Waals surface area contributed by atoms with E-state index in [-0.39, 0.29) is 11.4 Å². The van der Waals surface area contributed by atoms with E-state index in [4.69, 9.17) is 0 Å². The lowest BCUT2D eigenvalue weighted by atomic mass is 10.1. The van der Waals surface area contributed by atoms with Crippen molar-refractivity contribution in [2.75, 3.05) is 0 Å². The van der Waals surface area contributed by atoms with Gasteiger partial charge < -0.3 is 0 Å². The Labute approximate surface area is 158 Å². The zero-order chi connectivity index (χ0) is 19.7. The number of rotatable bonds is 4. The molecule has 0 amide bonds. The summed E-state index contributed by atoms with van der Waals surface area (Å²) in [4.78, 5) is 26.8. The van der Waals surface area contributed by atoms with Crippen LogP contribution in [0.1, 0.15) is 5.56 Å². The number of hydrogen-bond donors (Lipinski definition) is 1. The Balaban J connectivity index is 1.75. The van der Waals surface area contributed by atoms with E-state index in [1.807, 2.05) is 31.2 Å². The summed E-state index contributed by atoms with van der Waals surface area (Å²) in [5.41, 5.74) is 3.13. The SMILES string of the molecule is Cc1ccc(-c2ccnc3c(N=Nc4ccc([N+](=O)[O-])cc4)c(=O)[nH]n23)cc1. The maximum Gasteiger partial charge on any atom is 0.294 e. The van der Waals surface area contributed by atoms with Crippen molar-refractivity contribution in [1.29, 1.82) is 0 Å². The molecule has 0 bridgehead atoms. The van der Waals surface area contributed by atoms with E-state index in [0.717, 1.165) is 16.8 Å². The second-order valence-electron chi connectivity index (χ2n) is 6.12. The fourth-order valence-corrected chi connectivity index (χ4v) is 2.75. The third-order valence-corrected chi connectivity index (χ3v) is 4.20. The van der Waals surface area contributed by atoms with Crippen LogP contribution in [0.3, 0.4) is 0 Å². The quantitative estimate of drug-likeness (QED) is 0.325. The fraction of sp³-hybridized carbons (Fsp3) is 0.0526. The van der Waals surface area contributed by atoms with Crippen molar-refractivity contribution in [2.24, 2.45) is 10.2 Å². The Morgan fingerprint density at radius 3 is 2.43 bits per heavy atom. The number of nitrogens with zero attached hydrogens (tertiary/aromatic N) is 5. The standard InChI is InChI=1S/C19H14N6O3/c1-12-2-4-13(5-3-12)16-10-11-20-18-17(19(26)23-24(16)18)22-21-14-6-8-15(9-7-14)25(27)28/h2-11H,1H3,(H,23,26). The molecule has 9 nitrogen and oxygen atoms in total. The molecular weight excluding hydrogens is 360 g/mol. The highest BCUT2D eigenvalue weighted by Gasteiger charge is 2.13. The van der Waals surface area contributed by atoms with Gasteiger partial charge in [0.15, 0.2) is 11.3 Å². The molecule has 4 rings (SSSR count). The number of azo groups is 1. The van der Waals surface area contributed by atoms with Gasteiger partial charge in [-0.3, -0.25) is 20.0 Å². The molecule has 1 N–H and O–H groups in total. The first kappa shape index (κ1) is 17.3. The molecule has 2 heterocycles. The van der Waals surface area contributed by atoms with E-state index in [1.54, 1.807) is 16.8 Å². The number of aromatic amines is 1. The van der Waals surface area contributed by atoms with Crippen LogP contribution in [-0.4, -0.2) is 19.5 Å². The Kier molecular flexibility index (Phi) is 4.24. The monoisotopic (exact) mass is 374 g/mol. The predicted octanol–water partition coefficient (Wildman–Crippen LogP) is 4.32. The summed E-state index contributed by atoms with van der Waals surface area (Å²) in [7, 11) is 0. The van der Waals surface area contributed by atoms with Crippen LogP contribution in [0.25, 0.3) is 16.9 Å². The molecule has 0 radical (unpaired) electrons. The molecular formula is C19H14N6O3. The molecule has 138 valence electrons. The zero-order valence-corrected chi connectivity index (χ0v) is 14.7. The van der Waals surface area contributed by atoms with E-state index in [9.17, 15) is 14.9 Å². The van der Waals surface area contributed by atoms with Gasteiger partial charge in [-0.2, -0.15) is 5.11 Å². The molecule has 0 aliphatic heterocycles. The number of aromatic nitrogens is 3. The number of fused-ring (bicyclic) bond motifs is 1. The van der Waals surface area contributed by atoms with Crippen LogP contribution in [0.2, 0.25) is 0 Å². The lowest BCUT2D eigenvalue weighted by Gasteiger charge is -2.05. The predicted molar refractivity (Wildman–Crippen MR) is 103 cm³/mol. The lowest BCUT2D eigenvalue weighted by Crippen LogP contribution is -2.01. The summed E-state index contributed by atoms with van der Waals surface area (Å²) in [6.07, 6.45) is 1.60. The van der Waals surface area contributed by atoms with Crippen molar-refractivity contribution in [1.82, 2.24) is 14.6 Å². The van der Waals surface area contributed by atoms with Crippen molar-refractivity contribution in [2.45, 2.75) is 6.92 Å². The van der Waals surface area contributed by atoms with Gasteiger partial charge in [0.25, 0.3) is 11.2 Å². The van der Waals surface area contributed by atoms with Gasteiger partial charge in [0, 0.05) is 23.9 Å². The van der Waals surface area contributed by atoms with Gasteiger partial charge in [-0.1, -0.05) is 29.8 Å². The van der Waals surface area contributed by atoms with Crippen molar-refractivity contribution in [3.05, 3.63) is 86.8 Å². The summed E-state index contributed by atoms with van der Waals surface area (Å²) in [5.74, 6) is 0. The summed E-state index contributed by atoms with van der Waals surface area (Å²) >= 11 is 0. The maximum atomic E-state index is 12.4. The van der Waals surface area contributed by atoms with Crippen molar-refractivity contribution in [3.63, 3.8) is 0 Å². The minimum atomic E-state index is -0.497. The number of non-ortho nitro benzene ring substituents is 1. The van der Waals surface area contributed by atoms with Crippen molar-refractivity contribution in [3.8, 4) is 11.3 Å². The molecule has 0 aliphatic rings. The minimum absolute atomic E-state index is 0.0458. The normalized spacial score (nSPS) is 11.3. The van der Waals surface area contributed by atoms with Gasteiger partial charge in [-0.15, -0.1) is 5.11 Å². The van der Waals surface area contributed by atoms with E-state index < -0.39 is 10.5 Å². The minimum Gasteiger partial charge on any atom is -0.265 e. The first-order valence-corrected chi connectivity index (χ1v) is 8.36. The molecule has 0 atom stereocenters. The van der Waals surface area contributed by atoms with Gasteiger partial charge in [0.1, 0.15) is 0 Å². The Bertz CT molecular complexity index is 1250. The average Bonchev–Trinajstić information content (AvgIpc) is 3.02. The van der Waals surface area contributed by atoms with Crippen LogP contribution in [0.15, 0.2) is 75.8 Å². The number of benzene rings is 2. The number of hydrogen-bond acceptors (Lipinski definition) is 6. The van der Waals surface area contributed by atoms with E-state index >= 15 is 0 Å². The molecule has 0 fully saturated rings. The molecule has 28 heavy (non-hydrogen) atoms. The second-order valence-corrected chi connectivity index (χ2v) is 6.12. The molecule has 2 aromatic carbocycles. The number of nitro groups is 1. The molecule has 2 aromatic heterocycles. The Hall–Kier alpha value is -4.14. The van der Waals surface area contributed by atoms with Crippen molar-refractivity contribution >= 4 is 22.7 Å². The molecule has 0 saturated heterocycles. The maximum absolute atomic E-state index is 12.4. The first-order chi connectivity index (χ1) is 13.5. The average molecular weight is 374 g/mol. The van der Waals surface area contributed by atoms with E-state index in [0.29, 0.717) is 11.3 Å². The van der Waals surface area contributed by atoms with Gasteiger partial charge in [-0.05, 0) is 25.1 Å². The third kappa shape index (κ3) is 3.16. The third-order valence-electron chi connectivity index (χ3n) is 4.20. The summed E-state index contributed by atoms with van der Waals surface area (Å²) in [5, 5.41) is 21.5.